The maximum atomic E-state index is 4.57. The first-order valence-electron chi connectivity index (χ1n) is 8.38. The van der Waals surface area contributed by atoms with Gasteiger partial charge in [0.05, 0.1) is 11.4 Å². The molecule has 0 radical (unpaired) electrons. The van der Waals surface area contributed by atoms with E-state index in [0.717, 1.165) is 35.4 Å². The smallest absolute Gasteiger partial charge is 0.0681 e. The Balaban J connectivity index is 1.80. The predicted octanol–water partition coefficient (Wildman–Crippen LogP) is 4.75. The van der Waals surface area contributed by atoms with Crippen LogP contribution in [0.4, 0.5) is 0 Å². The average molecular weight is 314 g/mol. The Morgan fingerprint density at radius 3 is 2.08 bits per heavy atom. The molecule has 3 aromatic rings. The van der Waals surface area contributed by atoms with Crippen molar-refractivity contribution < 1.29 is 0 Å². The standard InChI is InChI=1S/C22H22N2/c1-4-5-21-16-22(24(3)23-21)20-14-12-19(13-15-20)11-10-18-8-6-17(2)7-9-18/h6-9,12-16H,4-5H2,1-3H3. The summed E-state index contributed by atoms with van der Waals surface area (Å²) in [7, 11) is 2.00. The molecule has 2 heteroatoms. The van der Waals surface area contributed by atoms with E-state index in [-0.39, 0.29) is 0 Å². The third-order valence-electron chi connectivity index (χ3n) is 4.02. The van der Waals surface area contributed by atoms with Crippen LogP contribution in [0, 0.1) is 18.8 Å². The van der Waals surface area contributed by atoms with Gasteiger partial charge in [0.15, 0.2) is 0 Å². The van der Waals surface area contributed by atoms with Gasteiger partial charge >= 0.3 is 0 Å². The highest BCUT2D eigenvalue weighted by Gasteiger charge is 2.06. The van der Waals surface area contributed by atoms with Gasteiger partial charge in [-0.1, -0.05) is 55.0 Å². The van der Waals surface area contributed by atoms with Gasteiger partial charge in [-0.05, 0) is 49.2 Å². The minimum atomic E-state index is 1.02. The third kappa shape index (κ3) is 3.75. The summed E-state index contributed by atoms with van der Waals surface area (Å²) >= 11 is 0. The van der Waals surface area contributed by atoms with E-state index in [1.807, 2.05) is 11.7 Å². The lowest BCUT2D eigenvalue weighted by atomic mass is 10.1. The first-order chi connectivity index (χ1) is 11.7. The van der Waals surface area contributed by atoms with E-state index in [1.165, 1.54) is 11.1 Å². The van der Waals surface area contributed by atoms with Crippen molar-refractivity contribution in [2.45, 2.75) is 26.7 Å². The summed E-state index contributed by atoms with van der Waals surface area (Å²) in [4.78, 5) is 0. The molecule has 0 bridgehead atoms. The number of benzene rings is 2. The number of hydrogen-bond donors (Lipinski definition) is 0. The molecular formula is C22H22N2. The molecule has 0 aliphatic heterocycles. The second kappa shape index (κ2) is 7.19. The molecule has 2 aromatic carbocycles. The van der Waals surface area contributed by atoms with Crippen molar-refractivity contribution >= 4 is 0 Å². The van der Waals surface area contributed by atoms with Gasteiger partial charge in [-0.2, -0.15) is 5.10 Å². The van der Waals surface area contributed by atoms with Crippen molar-refractivity contribution in [3.63, 3.8) is 0 Å². The van der Waals surface area contributed by atoms with E-state index in [4.69, 9.17) is 0 Å². The molecule has 0 aliphatic rings. The van der Waals surface area contributed by atoms with Gasteiger partial charge in [0, 0.05) is 18.2 Å². The fourth-order valence-corrected chi connectivity index (χ4v) is 2.68. The molecule has 1 heterocycles. The van der Waals surface area contributed by atoms with E-state index in [2.05, 4.69) is 85.4 Å². The zero-order valence-electron chi connectivity index (χ0n) is 14.5. The summed E-state index contributed by atoms with van der Waals surface area (Å²) in [6.07, 6.45) is 2.14. The van der Waals surface area contributed by atoms with Crippen molar-refractivity contribution in [3.8, 4) is 23.1 Å². The van der Waals surface area contributed by atoms with Crippen LogP contribution in [-0.4, -0.2) is 9.78 Å². The van der Waals surface area contributed by atoms with Gasteiger partial charge < -0.3 is 0 Å². The largest absolute Gasteiger partial charge is 0.268 e. The summed E-state index contributed by atoms with van der Waals surface area (Å²) in [5.74, 6) is 6.44. The molecule has 120 valence electrons. The number of aryl methyl sites for hydroxylation is 3. The highest BCUT2D eigenvalue weighted by atomic mass is 15.3. The Morgan fingerprint density at radius 2 is 1.50 bits per heavy atom. The lowest BCUT2D eigenvalue weighted by Crippen LogP contribution is -1.94. The Bertz CT molecular complexity index is 872. The minimum Gasteiger partial charge on any atom is -0.268 e. The number of rotatable bonds is 3. The van der Waals surface area contributed by atoms with Gasteiger partial charge in [-0.15, -0.1) is 0 Å². The van der Waals surface area contributed by atoms with Crippen LogP contribution in [0.1, 0.15) is 35.7 Å². The zero-order valence-corrected chi connectivity index (χ0v) is 14.5. The highest BCUT2D eigenvalue weighted by molar-refractivity contribution is 5.61. The summed E-state index contributed by atoms with van der Waals surface area (Å²) in [6.45, 7) is 4.26. The number of hydrogen-bond acceptors (Lipinski definition) is 1. The SMILES string of the molecule is CCCc1cc(-c2ccc(C#Cc3ccc(C)cc3)cc2)n(C)n1. The lowest BCUT2D eigenvalue weighted by molar-refractivity contribution is 0.739. The predicted molar refractivity (Wildman–Crippen MR) is 99.8 cm³/mol. The van der Waals surface area contributed by atoms with E-state index in [9.17, 15) is 0 Å². The van der Waals surface area contributed by atoms with Crippen molar-refractivity contribution in [1.29, 1.82) is 0 Å². The number of nitrogens with zero attached hydrogens (tertiary/aromatic N) is 2. The van der Waals surface area contributed by atoms with E-state index < -0.39 is 0 Å². The molecule has 0 unspecified atom stereocenters. The second-order valence-corrected chi connectivity index (χ2v) is 6.09. The van der Waals surface area contributed by atoms with Crippen molar-refractivity contribution in [2.24, 2.45) is 7.05 Å². The first kappa shape index (κ1) is 16.1. The van der Waals surface area contributed by atoms with Crippen LogP contribution in [0.15, 0.2) is 54.6 Å². The van der Waals surface area contributed by atoms with Crippen LogP contribution in [-0.2, 0) is 13.5 Å². The highest BCUT2D eigenvalue weighted by Crippen LogP contribution is 2.21. The molecular weight excluding hydrogens is 292 g/mol. The van der Waals surface area contributed by atoms with Gasteiger partial charge in [-0.3, -0.25) is 4.68 Å². The summed E-state index contributed by atoms with van der Waals surface area (Å²) < 4.78 is 1.96. The van der Waals surface area contributed by atoms with Crippen LogP contribution < -0.4 is 0 Å². The molecule has 24 heavy (non-hydrogen) atoms. The van der Waals surface area contributed by atoms with Crippen molar-refractivity contribution in [2.75, 3.05) is 0 Å². The van der Waals surface area contributed by atoms with Crippen LogP contribution in [0.25, 0.3) is 11.3 Å². The number of aromatic nitrogens is 2. The molecule has 3 rings (SSSR count). The molecule has 0 spiro atoms. The second-order valence-electron chi connectivity index (χ2n) is 6.09. The molecule has 0 amide bonds. The third-order valence-corrected chi connectivity index (χ3v) is 4.02. The Labute approximate surface area is 144 Å². The Morgan fingerprint density at radius 1 is 0.917 bits per heavy atom. The van der Waals surface area contributed by atoms with Crippen LogP contribution in [0.5, 0.6) is 0 Å². The molecule has 0 N–H and O–H groups in total. The van der Waals surface area contributed by atoms with Crippen LogP contribution >= 0.6 is 0 Å². The zero-order chi connectivity index (χ0) is 16.9. The Hall–Kier alpha value is -2.79. The maximum absolute atomic E-state index is 4.57. The monoisotopic (exact) mass is 314 g/mol. The fourth-order valence-electron chi connectivity index (χ4n) is 2.68. The van der Waals surface area contributed by atoms with Crippen molar-refractivity contribution in [3.05, 3.63) is 77.0 Å². The van der Waals surface area contributed by atoms with Gasteiger partial charge in [0.2, 0.25) is 0 Å². The molecule has 0 aliphatic carbocycles. The summed E-state index contributed by atoms with van der Waals surface area (Å²) in [6, 6.07) is 18.8. The molecule has 0 saturated carbocycles. The topological polar surface area (TPSA) is 17.8 Å². The van der Waals surface area contributed by atoms with Gasteiger partial charge in [0.1, 0.15) is 0 Å². The molecule has 0 fully saturated rings. The molecule has 1 aromatic heterocycles. The molecule has 0 saturated heterocycles. The summed E-state index contributed by atoms with van der Waals surface area (Å²) in [5, 5.41) is 4.57. The minimum absolute atomic E-state index is 1.02. The van der Waals surface area contributed by atoms with E-state index in [1.54, 1.807) is 0 Å². The lowest BCUT2D eigenvalue weighted by Gasteiger charge is -2.01. The Kier molecular flexibility index (Phi) is 4.82. The normalized spacial score (nSPS) is 10.3. The maximum Gasteiger partial charge on any atom is 0.0681 e. The van der Waals surface area contributed by atoms with E-state index >= 15 is 0 Å². The average Bonchev–Trinajstić information content (AvgIpc) is 2.96. The molecule has 2 nitrogen and oxygen atoms in total. The van der Waals surface area contributed by atoms with Crippen LogP contribution in [0.3, 0.4) is 0 Å². The fraction of sp³-hybridized carbons (Fsp3) is 0.227. The van der Waals surface area contributed by atoms with Crippen LogP contribution in [0.2, 0.25) is 0 Å². The van der Waals surface area contributed by atoms with Gasteiger partial charge in [-0.25, -0.2) is 0 Å². The quantitative estimate of drug-likeness (QED) is 0.638. The van der Waals surface area contributed by atoms with Gasteiger partial charge in [0.25, 0.3) is 0 Å². The molecule has 0 atom stereocenters. The van der Waals surface area contributed by atoms with Crippen molar-refractivity contribution in [1.82, 2.24) is 9.78 Å². The first-order valence-corrected chi connectivity index (χ1v) is 8.38. The van der Waals surface area contributed by atoms with E-state index in [0.29, 0.717) is 0 Å². The summed E-state index contributed by atoms with van der Waals surface area (Å²) in [5.41, 5.74) is 6.79.